The van der Waals surface area contributed by atoms with Crippen molar-refractivity contribution in [2.75, 3.05) is 18.4 Å². The zero-order valence-electron chi connectivity index (χ0n) is 14.4. The molecule has 2 heterocycles. The molecule has 1 N–H and O–H groups in total. The molecule has 1 aromatic carbocycles. The van der Waals surface area contributed by atoms with Crippen molar-refractivity contribution in [1.82, 2.24) is 14.9 Å². The van der Waals surface area contributed by atoms with Crippen LogP contribution >= 0.6 is 0 Å². The van der Waals surface area contributed by atoms with Gasteiger partial charge < -0.3 is 10.2 Å². The second-order valence-electron chi connectivity index (χ2n) is 6.37. The number of aryl methyl sites for hydroxylation is 2. The van der Waals surface area contributed by atoms with E-state index in [1.165, 1.54) is 6.42 Å². The van der Waals surface area contributed by atoms with E-state index in [2.05, 4.69) is 15.3 Å². The predicted molar refractivity (Wildman–Crippen MR) is 95.0 cm³/mol. The van der Waals surface area contributed by atoms with Crippen molar-refractivity contribution in [2.24, 2.45) is 0 Å². The molecular formula is C19H24N4O. The van der Waals surface area contributed by atoms with Crippen LogP contribution in [0.4, 0.5) is 5.95 Å². The van der Waals surface area contributed by atoms with Crippen LogP contribution in [0, 0.1) is 13.8 Å². The number of benzene rings is 1. The van der Waals surface area contributed by atoms with E-state index in [4.69, 9.17) is 0 Å². The van der Waals surface area contributed by atoms with Gasteiger partial charge in [0, 0.05) is 37.1 Å². The van der Waals surface area contributed by atoms with Gasteiger partial charge in [-0.15, -0.1) is 0 Å². The molecule has 0 aliphatic carbocycles. The van der Waals surface area contributed by atoms with E-state index < -0.39 is 0 Å². The third kappa shape index (κ3) is 3.91. The minimum atomic E-state index is 0.145. The Morgan fingerprint density at radius 3 is 2.50 bits per heavy atom. The Kier molecular flexibility index (Phi) is 5.08. The van der Waals surface area contributed by atoms with E-state index in [1.54, 1.807) is 0 Å². The van der Waals surface area contributed by atoms with Crippen LogP contribution in [0.3, 0.4) is 0 Å². The lowest BCUT2D eigenvalue weighted by Crippen LogP contribution is -2.35. The number of carbonyl (C=O) groups is 1. The molecule has 5 nitrogen and oxygen atoms in total. The van der Waals surface area contributed by atoms with Gasteiger partial charge in [-0.2, -0.15) is 0 Å². The Morgan fingerprint density at radius 2 is 1.83 bits per heavy atom. The molecule has 2 aromatic rings. The number of nitrogens with one attached hydrogen (secondary N) is 1. The minimum Gasteiger partial charge on any atom is -0.350 e. The number of nitrogens with zero attached hydrogens (tertiary/aromatic N) is 3. The fourth-order valence-electron chi connectivity index (χ4n) is 2.84. The molecule has 1 aliphatic heterocycles. The third-order valence-electron chi connectivity index (χ3n) is 4.52. The van der Waals surface area contributed by atoms with Crippen LogP contribution < -0.4 is 5.32 Å². The van der Waals surface area contributed by atoms with Crippen molar-refractivity contribution >= 4 is 11.9 Å². The first-order chi connectivity index (χ1) is 11.6. The van der Waals surface area contributed by atoms with Crippen LogP contribution in [0.1, 0.15) is 46.4 Å². The van der Waals surface area contributed by atoms with Crippen LogP contribution in [0.25, 0.3) is 0 Å². The number of amides is 1. The molecule has 1 saturated heterocycles. The summed E-state index contributed by atoms with van der Waals surface area (Å²) < 4.78 is 0. The predicted octanol–water partition coefficient (Wildman–Crippen LogP) is 3.33. The van der Waals surface area contributed by atoms with Gasteiger partial charge in [-0.05, 0) is 56.4 Å². The molecule has 0 atom stereocenters. The van der Waals surface area contributed by atoms with Crippen LogP contribution in [0.2, 0.25) is 0 Å². The van der Waals surface area contributed by atoms with Crippen molar-refractivity contribution in [2.45, 2.75) is 39.7 Å². The summed E-state index contributed by atoms with van der Waals surface area (Å²) in [6.07, 6.45) is 5.29. The normalized spacial score (nSPS) is 14.5. The Morgan fingerprint density at radius 1 is 1.12 bits per heavy atom. The lowest BCUT2D eigenvalue weighted by Gasteiger charge is -2.26. The van der Waals surface area contributed by atoms with E-state index in [-0.39, 0.29) is 5.91 Å². The number of likely N-dealkylation sites (tertiary alicyclic amines) is 1. The minimum absolute atomic E-state index is 0.145. The third-order valence-corrected chi connectivity index (χ3v) is 4.52. The van der Waals surface area contributed by atoms with Gasteiger partial charge in [0.25, 0.3) is 5.91 Å². The summed E-state index contributed by atoms with van der Waals surface area (Å²) in [6.45, 7) is 6.37. The van der Waals surface area contributed by atoms with Crippen molar-refractivity contribution in [3.8, 4) is 0 Å². The van der Waals surface area contributed by atoms with Crippen molar-refractivity contribution in [3.63, 3.8) is 0 Å². The maximum atomic E-state index is 12.5. The highest BCUT2D eigenvalue weighted by Gasteiger charge is 2.17. The summed E-state index contributed by atoms with van der Waals surface area (Å²) in [6, 6.07) is 7.81. The topological polar surface area (TPSA) is 58.1 Å². The monoisotopic (exact) mass is 324 g/mol. The van der Waals surface area contributed by atoms with Gasteiger partial charge in [0.1, 0.15) is 0 Å². The number of anilines is 1. The lowest BCUT2D eigenvalue weighted by molar-refractivity contribution is 0.0724. The summed E-state index contributed by atoms with van der Waals surface area (Å²) >= 11 is 0. The second kappa shape index (κ2) is 7.43. The van der Waals surface area contributed by atoms with Crippen LogP contribution in [0.15, 0.2) is 30.5 Å². The maximum Gasteiger partial charge on any atom is 0.253 e. The molecular weight excluding hydrogens is 300 g/mol. The quantitative estimate of drug-likeness (QED) is 0.937. The molecule has 1 amide bonds. The Labute approximate surface area is 143 Å². The van der Waals surface area contributed by atoms with Crippen molar-refractivity contribution in [3.05, 3.63) is 52.8 Å². The number of aromatic nitrogens is 2. The highest BCUT2D eigenvalue weighted by Crippen LogP contribution is 2.14. The molecule has 0 spiro atoms. The first-order valence-corrected chi connectivity index (χ1v) is 8.56. The van der Waals surface area contributed by atoms with Gasteiger partial charge in [-0.1, -0.05) is 12.1 Å². The second-order valence-corrected chi connectivity index (χ2v) is 6.37. The highest BCUT2D eigenvalue weighted by molar-refractivity contribution is 5.94. The Bertz CT molecular complexity index is 706. The van der Waals surface area contributed by atoms with E-state index in [1.807, 2.05) is 49.2 Å². The van der Waals surface area contributed by atoms with Gasteiger partial charge in [-0.25, -0.2) is 9.97 Å². The maximum absolute atomic E-state index is 12.5. The fraction of sp³-hybridized carbons (Fsp3) is 0.421. The number of piperidine rings is 1. The average Bonchev–Trinajstić information content (AvgIpc) is 2.63. The molecule has 0 saturated carbocycles. The number of hydrogen-bond donors (Lipinski definition) is 1. The van der Waals surface area contributed by atoms with Crippen LogP contribution in [-0.4, -0.2) is 33.9 Å². The SMILES string of the molecule is Cc1cnc(NCc2ccc(C(=O)N3CCCCC3)cc2)nc1C. The standard InChI is InChI=1S/C19H24N4O/c1-14-12-20-19(22-15(14)2)21-13-16-6-8-17(9-7-16)18(24)23-10-4-3-5-11-23/h6-9,12H,3-5,10-11,13H2,1-2H3,(H,20,21,22). The fourth-order valence-corrected chi connectivity index (χ4v) is 2.84. The number of carbonyl (C=O) groups excluding carboxylic acids is 1. The van der Waals surface area contributed by atoms with Gasteiger partial charge in [-0.3, -0.25) is 4.79 Å². The molecule has 1 aliphatic rings. The van der Waals surface area contributed by atoms with Crippen LogP contribution in [-0.2, 0) is 6.54 Å². The average molecular weight is 324 g/mol. The summed E-state index contributed by atoms with van der Waals surface area (Å²) in [5, 5.41) is 3.22. The van der Waals surface area contributed by atoms with Gasteiger partial charge >= 0.3 is 0 Å². The van der Waals surface area contributed by atoms with Gasteiger partial charge in [0.15, 0.2) is 0 Å². The van der Waals surface area contributed by atoms with E-state index >= 15 is 0 Å². The largest absolute Gasteiger partial charge is 0.350 e. The summed E-state index contributed by atoms with van der Waals surface area (Å²) in [4.78, 5) is 23.1. The highest BCUT2D eigenvalue weighted by atomic mass is 16.2. The van der Waals surface area contributed by atoms with E-state index in [0.717, 1.165) is 48.3 Å². The number of hydrogen-bond acceptors (Lipinski definition) is 4. The summed E-state index contributed by atoms with van der Waals surface area (Å²) in [5.41, 5.74) is 3.94. The molecule has 24 heavy (non-hydrogen) atoms. The molecule has 0 unspecified atom stereocenters. The molecule has 5 heteroatoms. The van der Waals surface area contributed by atoms with Gasteiger partial charge in [0.05, 0.1) is 0 Å². The summed E-state index contributed by atoms with van der Waals surface area (Å²) in [7, 11) is 0. The zero-order chi connectivity index (χ0) is 16.9. The summed E-state index contributed by atoms with van der Waals surface area (Å²) in [5.74, 6) is 0.776. The molecule has 0 radical (unpaired) electrons. The zero-order valence-corrected chi connectivity index (χ0v) is 14.4. The van der Waals surface area contributed by atoms with E-state index in [9.17, 15) is 4.79 Å². The van der Waals surface area contributed by atoms with Crippen molar-refractivity contribution < 1.29 is 4.79 Å². The van der Waals surface area contributed by atoms with Gasteiger partial charge in [0.2, 0.25) is 5.95 Å². The molecule has 1 fully saturated rings. The first kappa shape index (κ1) is 16.4. The molecule has 1 aromatic heterocycles. The van der Waals surface area contributed by atoms with E-state index in [0.29, 0.717) is 12.5 Å². The Hall–Kier alpha value is -2.43. The first-order valence-electron chi connectivity index (χ1n) is 8.56. The number of rotatable bonds is 4. The lowest BCUT2D eigenvalue weighted by atomic mass is 10.1. The smallest absolute Gasteiger partial charge is 0.253 e. The molecule has 3 rings (SSSR count). The molecule has 0 bridgehead atoms. The van der Waals surface area contributed by atoms with Crippen molar-refractivity contribution in [1.29, 1.82) is 0 Å². The molecule has 126 valence electrons. The van der Waals surface area contributed by atoms with Crippen LogP contribution in [0.5, 0.6) is 0 Å². The Balaban J connectivity index is 1.59.